The predicted molar refractivity (Wildman–Crippen MR) is 106 cm³/mol. The van der Waals surface area contributed by atoms with Gasteiger partial charge < -0.3 is 4.42 Å². The molecule has 1 aromatic carbocycles. The molecule has 0 fully saturated rings. The molecule has 27 heavy (non-hydrogen) atoms. The third-order valence-corrected chi connectivity index (χ3v) is 5.39. The van der Waals surface area contributed by atoms with Crippen molar-refractivity contribution < 1.29 is 4.42 Å². The van der Waals surface area contributed by atoms with E-state index in [-0.39, 0.29) is 0 Å². The summed E-state index contributed by atoms with van der Waals surface area (Å²) in [5.74, 6) is 2.03. The first-order valence-corrected chi connectivity index (χ1v) is 9.87. The SMILES string of the molecule is CCn1nc(-c2ncc(C)o2)c2c1CCN(Cc1ccc(C(C)C)cc1)C2. The molecule has 0 atom stereocenters. The lowest BCUT2D eigenvalue weighted by molar-refractivity contribution is 0.242. The summed E-state index contributed by atoms with van der Waals surface area (Å²) in [4.78, 5) is 6.91. The van der Waals surface area contributed by atoms with Crippen LogP contribution in [0.1, 0.15) is 54.8 Å². The first kappa shape index (κ1) is 18.0. The van der Waals surface area contributed by atoms with Crippen LogP contribution in [0, 0.1) is 6.92 Å². The molecular formula is C22H28N4O. The van der Waals surface area contributed by atoms with E-state index in [0.29, 0.717) is 11.8 Å². The Bertz CT molecular complexity index is 920. The summed E-state index contributed by atoms with van der Waals surface area (Å²) in [5.41, 5.74) is 6.25. The van der Waals surface area contributed by atoms with Gasteiger partial charge in [0.1, 0.15) is 5.76 Å². The van der Waals surface area contributed by atoms with Gasteiger partial charge in [0.2, 0.25) is 5.89 Å². The highest BCUT2D eigenvalue weighted by Crippen LogP contribution is 2.30. The molecule has 0 bridgehead atoms. The van der Waals surface area contributed by atoms with Gasteiger partial charge in [-0.2, -0.15) is 5.10 Å². The average molecular weight is 364 g/mol. The normalized spacial score (nSPS) is 14.7. The Morgan fingerprint density at radius 2 is 1.96 bits per heavy atom. The lowest BCUT2D eigenvalue weighted by Gasteiger charge is -2.27. The minimum atomic E-state index is 0.572. The highest BCUT2D eigenvalue weighted by molar-refractivity contribution is 5.55. The maximum absolute atomic E-state index is 5.78. The molecule has 1 aliphatic rings. The van der Waals surface area contributed by atoms with Gasteiger partial charge in [0.15, 0.2) is 5.69 Å². The first-order valence-electron chi connectivity index (χ1n) is 9.87. The smallest absolute Gasteiger partial charge is 0.247 e. The van der Waals surface area contributed by atoms with Crippen molar-refractivity contribution >= 4 is 0 Å². The van der Waals surface area contributed by atoms with Crippen molar-refractivity contribution in [2.45, 2.75) is 59.7 Å². The summed E-state index contributed by atoms with van der Waals surface area (Å²) < 4.78 is 7.89. The summed E-state index contributed by atoms with van der Waals surface area (Å²) in [6.07, 6.45) is 2.78. The van der Waals surface area contributed by atoms with Crippen LogP contribution in [0.4, 0.5) is 0 Å². The van der Waals surface area contributed by atoms with E-state index in [9.17, 15) is 0 Å². The van der Waals surface area contributed by atoms with Crippen LogP contribution < -0.4 is 0 Å². The number of hydrogen-bond acceptors (Lipinski definition) is 4. The van der Waals surface area contributed by atoms with E-state index in [4.69, 9.17) is 9.52 Å². The van der Waals surface area contributed by atoms with Gasteiger partial charge in [0.25, 0.3) is 0 Å². The topological polar surface area (TPSA) is 47.1 Å². The van der Waals surface area contributed by atoms with Crippen LogP contribution >= 0.6 is 0 Å². The summed E-state index contributed by atoms with van der Waals surface area (Å²) in [6.45, 7) is 12.3. The minimum absolute atomic E-state index is 0.572. The molecule has 0 saturated carbocycles. The van der Waals surface area contributed by atoms with Gasteiger partial charge in [-0.1, -0.05) is 38.1 Å². The molecule has 0 N–H and O–H groups in total. The molecular weight excluding hydrogens is 336 g/mol. The molecule has 1 aliphatic heterocycles. The fourth-order valence-electron chi connectivity index (χ4n) is 3.85. The molecule has 0 radical (unpaired) electrons. The maximum Gasteiger partial charge on any atom is 0.247 e. The monoisotopic (exact) mass is 364 g/mol. The summed E-state index contributed by atoms with van der Waals surface area (Å²) in [7, 11) is 0. The van der Waals surface area contributed by atoms with Crippen molar-refractivity contribution in [2.75, 3.05) is 6.54 Å². The molecule has 3 aromatic rings. The van der Waals surface area contributed by atoms with Gasteiger partial charge in [0.05, 0.1) is 6.20 Å². The highest BCUT2D eigenvalue weighted by Gasteiger charge is 2.27. The van der Waals surface area contributed by atoms with Crippen LogP contribution in [0.15, 0.2) is 34.9 Å². The number of fused-ring (bicyclic) bond motifs is 1. The number of oxazole rings is 1. The average Bonchev–Trinajstić information content (AvgIpc) is 3.25. The van der Waals surface area contributed by atoms with E-state index in [1.54, 1.807) is 6.20 Å². The molecule has 2 aromatic heterocycles. The number of aromatic nitrogens is 3. The lowest BCUT2D eigenvalue weighted by Crippen LogP contribution is -2.30. The van der Waals surface area contributed by atoms with Crippen molar-refractivity contribution in [2.24, 2.45) is 0 Å². The van der Waals surface area contributed by atoms with E-state index in [1.807, 2.05) is 6.92 Å². The van der Waals surface area contributed by atoms with Crippen LogP contribution in [-0.2, 0) is 26.1 Å². The second kappa shape index (κ2) is 7.31. The molecule has 0 saturated heterocycles. The largest absolute Gasteiger partial charge is 0.440 e. The van der Waals surface area contributed by atoms with E-state index in [1.165, 1.54) is 22.4 Å². The summed E-state index contributed by atoms with van der Waals surface area (Å²) >= 11 is 0. The molecule has 5 heteroatoms. The number of benzene rings is 1. The number of aryl methyl sites for hydroxylation is 2. The highest BCUT2D eigenvalue weighted by atomic mass is 16.4. The van der Waals surface area contributed by atoms with Crippen LogP contribution in [0.5, 0.6) is 0 Å². The quantitative estimate of drug-likeness (QED) is 0.666. The zero-order valence-electron chi connectivity index (χ0n) is 16.7. The number of nitrogens with zero attached hydrogens (tertiary/aromatic N) is 4. The van der Waals surface area contributed by atoms with Gasteiger partial charge in [-0.15, -0.1) is 0 Å². The van der Waals surface area contributed by atoms with E-state index >= 15 is 0 Å². The molecule has 0 spiro atoms. The van der Waals surface area contributed by atoms with Crippen LogP contribution in [0.25, 0.3) is 11.6 Å². The van der Waals surface area contributed by atoms with Crippen LogP contribution in [-0.4, -0.2) is 26.2 Å². The minimum Gasteiger partial charge on any atom is -0.440 e. The Kier molecular flexibility index (Phi) is 4.87. The summed E-state index contributed by atoms with van der Waals surface area (Å²) in [5, 5.41) is 4.80. The lowest BCUT2D eigenvalue weighted by atomic mass is 10.0. The van der Waals surface area contributed by atoms with Crippen LogP contribution in [0.3, 0.4) is 0 Å². The molecule has 5 nitrogen and oxygen atoms in total. The van der Waals surface area contributed by atoms with Gasteiger partial charge in [-0.3, -0.25) is 9.58 Å². The second-order valence-corrected chi connectivity index (χ2v) is 7.72. The molecule has 142 valence electrons. The Hall–Kier alpha value is -2.40. The van der Waals surface area contributed by atoms with Crippen molar-refractivity contribution in [3.8, 4) is 11.6 Å². The van der Waals surface area contributed by atoms with Crippen LogP contribution in [0.2, 0.25) is 0 Å². The van der Waals surface area contributed by atoms with Gasteiger partial charge in [0, 0.05) is 43.9 Å². The van der Waals surface area contributed by atoms with Gasteiger partial charge >= 0.3 is 0 Å². The first-order chi connectivity index (χ1) is 13.0. The molecule has 0 unspecified atom stereocenters. The second-order valence-electron chi connectivity index (χ2n) is 7.72. The fraction of sp³-hybridized carbons (Fsp3) is 0.455. The van der Waals surface area contributed by atoms with Crippen molar-refractivity contribution in [1.29, 1.82) is 0 Å². The van der Waals surface area contributed by atoms with Crippen molar-refractivity contribution in [1.82, 2.24) is 19.7 Å². The molecule has 0 aliphatic carbocycles. The van der Waals surface area contributed by atoms with Gasteiger partial charge in [-0.05, 0) is 30.9 Å². The Morgan fingerprint density at radius 3 is 2.59 bits per heavy atom. The Balaban J connectivity index is 1.57. The summed E-state index contributed by atoms with van der Waals surface area (Å²) in [6, 6.07) is 9.04. The van der Waals surface area contributed by atoms with E-state index in [2.05, 4.69) is 59.6 Å². The van der Waals surface area contributed by atoms with E-state index < -0.39 is 0 Å². The predicted octanol–water partition coefficient (Wildman–Crippen LogP) is 4.55. The van der Waals surface area contributed by atoms with Crippen molar-refractivity contribution in [3.63, 3.8) is 0 Å². The fourth-order valence-corrected chi connectivity index (χ4v) is 3.85. The maximum atomic E-state index is 5.78. The Morgan fingerprint density at radius 1 is 1.19 bits per heavy atom. The third-order valence-electron chi connectivity index (χ3n) is 5.39. The number of hydrogen-bond donors (Lipinski definition) is 0. The molecule has 3 heterocycles. The zero-order valence-corrected chi connectivity index (χ0v) is 16.7. The van der Waals surface area contributed by atoms with E-state index in [0.717, 1.165) is 44.1 Å². The van der Waals surface area contributed by atoms with Gasteiger partial charge in [-0.25, -0.2) is 4.98 Å². The number of rotatable bonds is 5. The zero-order chi connectivity index (χ0) is 19.0. The Labute approximate surface area is 161 Å². The van der Waals surface area contributed by atoms with Crippen molar-refractivity contribution in [3.05, 3.63) is 58.6 Å². The molecule has 4 rings (SSSR count). The third kappa shape index (κ3) is 3.56. The molecule has 0 amide bonds. The standard InChI is InChI=1S/C22H28N4O/c1-5-26-20-10-11-25(13-17-6-8-18(9-7-17)15(2)3)14-19(20)21(24-26)22-23-12-16(4)27-22/h6-9,12,15H,5,10-11,13-14H2,1-4H3.